The second kappa shape index (κ2) is 8.66. The highest BCUT2D eigenvalue weighted by Gasteiger charge is 2.18. The number of hydrogen-bond acceptors (Lipinski definition) is 4. The van der Waals surface area contributed by atoms with Crippen molar-refractivity contribution in [1.29, 1.82) is 0 Å². The van der Waals surface area contributed by atoms with Crippen LogP contribution in [0.2, 0.25) is 10.0 Å². The maximum absolute atomic E-state index is 12.9. The third-order valence-corrected chi connectivity index (χ3v) is 5.12. The number of ketones is 1. The first-order valence-electron chi connectivity index (χ1n) is 9.13. The van der Waals surface area contributed by atoms with Gasteiger partial charge in [0.1, 0.15) is 0 Å². The fraction of sp³-hybridized carbons (Fsp3) is 0.0417. The first-order chi connectivity index (χ1) is 14.5. The van der Waals surface area contributed by atoms with Crippen molar-refractivity contribution in [3.05, 3.63) is 100 Å². The predicted molar refractivity (Wildman–Crippen MR) is 118 cm³/mol. The molecule has 0 atom stereocenters. The van der Waals surface area contributed by atoms with E-state index in [4.69, 9.17) is 27.9 Å². The first kappa shape index (κ1) is 20.1. The van der Waals surface area contributed by atoms with Crippen molar-refractivity contribution in [2.75, 3.05) is 6.61 Å². The smallest absolute Gasteiger partial charge is 0.339 e. The lowest BCUT2D eigenvalue weighted by Crippen LogP contribution is -2.15. The summed E-state index contributed by atoms with van der Waals surface area (Å²) in [5.41, 5.74) is 2.56. The lowest BCUT2D eigenvalue weighted by Gasteiger charge is -2.11. The lowest BCUT2D eigenvalue weighted by atomic mass is 10.0. The van der Waals surface area contributed by atoms with Gasteiger partial charge in [0, 0.05) is 21.5 Å². The number of Topliss-reactive ketones (excluding diaryl/α,β-unsaturated/α-hetero) is 1. The van der Waals surface area contributed by atoms with Crippen LogP contribution in [0.25, 0.3) is 22.2 Å². The molecule has 30 heavy (non-hydrogen) atoms. The summed E-state index contributed by atoms with van der Waals surface area (Å²) >= 11 is 12.3. The minimum atomic E-state index is -0.607. The Morgan fingerprint density at radius 1 is 0.867 bits per heavy atom. The van der Waals surface area contributed by atoms with Crippen LogP contribution in [-0.4, -0.2) is 23.3 Å². The highest BCUT2D eigenvalue weighted by Crippen LogP contribution is 2.32. The summed E-state index contributed by atoms with van der Waals surface area (Å²) in [5.74, 6) is -0.882. The molecular formula is C24H15Cl2NO3. The van der Waals surface area contributed by atoms with Crippen molar-refractivity contribution in [2.45, 2.75) is 0 Å². The second-order valence-electron chi connectivity index (χ2n) is 6.56. The van der Waals surface area contributed by atoms with Crippen molar-refractivity contribution < 1.29 is 14.3 Å². The number of aromatic nitrogens is 1. The number of carbonyl (C=O) groups excluding carboxylic acids is 2. The quantitative estimate of drug-likeness (QED) is 0.274. The maximum atomic E-state index is 12.9. The first-order valence-corrected chi connectivity index (χ1v) is 9.89. The summed E-state index contributed by atoms with van der Waals surface area (Å²) in [6, 6.07) is 22.6. The molecule has 0 radical (unpaired) electrons. The van der Waals surface area contributed by atoms with Crippen LogP contribution >= 0.6 is 23.2 Å². The monoisotopic (exact) mass is 435 g/mol. The molecule has 0 spiro atoms. The molecule has 0 aliphatic carbocycles. The summed E-state index contributed by atoms with van der Waals surface area (Å²) < 4.78 is 5.32. The lowest BCUT2D eigenvalue weighted by molar-refractivity contribution is 0.0476. The van der Waals surface area contributed by atoms with Crippen molar-refractivity contribution in [2.24, 2.45) is 0 Å². The molecule has 3 aromatic carbocycles. The molecular weight excluding hydrogens is 421 g/mol. The van der Waals surface area contributed by atoms with Gasteiger partial charge in [-0.15, -0.1) is 0 Å². The van der Waals surface area contributed by atoms with Crippen LogP contribution in [0, 0.1) is 0 Å². The second-order valence-corrected chi connectivity index (χ2v) is 7.41. The number of carbonyl (C=O) groups is 2. The van der Waals surface area contributed by atoms with Gasteiger partial charge in [-0.05, 0) is 30.3 Å². The minimum absolute atomic E-state index is 0.275. The predicted octanol–water partition coefficient (Wildman–Crippen LogP) is 6.25. The number of halogens is 2. The molecule has 0 bridgehead atoms. The van der Waals surface area contributed by atoms with Gasteiger partial charge in [-0.1, -0.05) is 71.7 Å². The van der Waals surface area contributed by atoms with Crippen LogP contribution in [0.3, 0.4) is 0 Å². The van der Waals surface area contributed by atoms with Gasteiger partial charge >= 0.3 is 5.97 Å². The van der Waals surface area contributed by atoms with E-state index >= 15 is 0 Å². The Hall–Kier alpha value is -3.21. The third kappa shape index (κ3) is 4.20. The number of pyridine rings is 1. The highest BCUT2D eigenvalue weighted by molar-refractivity contribution is 6.36. The van der Waals surface area contributed by atoms with Crippen molar-refractivity contribution >= 4 is 45.9 Å². The van der Waals surface area contributed by atoms with Crippen molar-refractivity contribution in [1.82, 2.24) is 4.98 Å². The van der Waals surface area contributed by atoms with E-state index < -0.39 is 5.97 Å². The summed E-state index contributed by atoms with van der Waals surface area (Å²) in [6.45, 7) is -0.351. The van der Waals surface area contributed by atoms with Crippen LogP contribution in [-0.2, 0) is 4.74 Å². The van der Waals surface area contributed by atoms with Gasteiger partial charge in [-0.2, -0.15) is 0 Å². The Morgan fingerprint density at radius 2 is 1.60 bits per heavy atom. The zero-order valence-corrected chi connectivity index (χ0v) is 17.2. The number of nitrogens with zero attached hydrogens (tertiary/aromatic N) is 1. The van der Waals surface area contributed by atoms with E-state index in [9.17, 15) is 9.59 Å². The average molecular weight is 436 g/mol. The molecule has 0 N–H and O–H groups in total. The highest BCUT2D eigenvalue weighted by atomic mass is 35.5. The maximum Gasteiger partial charge on any atom is 0.339 e. The van der Waals surface area contributed by atoms with Crippen LogP contribution < -0.4 is 0 Å². The number of para-hydroxylation sites is 1. The van der Waals surface area contributed by atoms with E-state index in [0.29, 0.717) is 43.3 Å². The van der Waals surface area contributed by atoms with Gasteiger partial charge in [-0.3, -0.25) is 4.79 Å². The van der Waals surface area contributed by atoms with E-state index in [0.717, 1.165) is 0 Å². The van der Waals surface area contributed by atoms with E-state index in [1.807, 2.05) is 18.2 Å². The van der Waals surface area contributed by atoms with Crippen LogP contribution in [0.4, 0.5) is 0 Å². The topological polar surface area (TPSA) is 56.3 Å². The van der Waals surface area contributed by atoms with Gasteiger partial charge in [0.05, 0.1) is 21.8 Å². The Kier molecular flexibility index (Phi) is 5.79. The molecule has 4 nitrogen and oxygen atoms in total. The Bertz CT molecular complexity index is 1260. The molecule has 148 valence electrons. The van der Waals surface area contributed by atoms with Gasteiger partial charge in [0.2, 0.25) is 0 Å². The molecule has 0 saturated heterocycles. The van der Waals surface area contributed by atoms with Crippen LogP contribution in [0.1, 0.15) is 20.7 Å². The molecule has 0 amide bonds. The Morgan fingerprint density at radius 3 is 2.37 bits per heavy atom. The normalized spacial score (nSPS) is 10.7. The molecule has 0 aliphatic rings. The van der Waals surface area contributed by atoms with Gasteiger partial charge < -0.3 is 4.74 Å². The Labute approximate surface area is 183 Å². The number of ether oxygens (including phenoxy) is 1. The summed E-state index contributed by atoms with van der Waals surface area (Å²) in [5, 5.41) is 1.55. The molecule has 4 rings (SSSR count). The SMILES string of the molecule is O=C(COC(=O)c1cc(-c2ccc(Cl)cc2Cl)nc2ccccc12)c1ccccc1. The van der Waals surface area contributed by atoms with E-state index in [2.05, 4.69) is 4.98 Å². The molecule has 4 aromatic rings. The van der Waals surface area contributed by atoms with E-state index in [1.54, 1.807) is 60.7 Å². The number of hydrogen-bond donors (Lipinski definition) is 0. The van der Waals surface area contributed by atoms with Crippen molar-refractivity contribution in [3.63, 3.8) is 0 Å². The summed E-state index contributed by atoms with van der Waals surface area (Å²) in [4.78, 5) is 29.8. The van der Waals surface area contributed by atoms with E-state index in [1.165, 1.54) is 0 Å². The fourth-order valence-electron chi connectivity index (χ4n) is 3.10. The zero-order chi connectivity index (χ0) is 21.1. The number of esters is 1. The van der Waals surface area contributed by atoms with Gasteiger partial charge in [0.25, 0.3) is 0 Å². The molecule has 0 aliphatic heterocycles. The molecule has 6 heteroatoms. The number of benzene rings is 3. The standard InChI is InChI=1S/C24H15Cl2NO3/c25-16-10-11-18(20(26)12-16)22-13-19(17-8-4-5-9-21(17)27-22)24(29)30-14-23(28)15-6-2-1-3-7-15/h1-13H,14H2. The molecule has 1 aromatic heterocycles. The minimum Gasteiger partial charge on any atom is -0.454 e. The fourth-order valence-corrected chi connectivity index (χ4v) is 3.60. The number of rotatable bonds is 5. The molecule has 0 saturated carbocycles. The summed E-state index contributed by atoms with van der Waals surface area (Å²) in [7, 11) is 0. The largest absolute Gasteiger partial charge is 0.454 e. The van der Waals surface area contributed by atoms with Gasteiger partial charge in [0.15, 0.2) is 12.4 Å². The van der Waals surface area contributed by atoms with Crippen LogP contribution in [0.5, 0.6) is 0 Å². The van der Waals surface area contributed by atoms with E-state index in [-0.39, 0.29) is 12.4 Å². The number of fused-ring (bicyclic) bond motifs is 1. The third-order valence-electron chi connectivity index (χ3n) is 4.57. The zero-order valence-electron chi connectivity index (χ0n) is 15.6. The molecule has 0 fully saturated rings. The molecule has 0 unspecified atom stereocenters. The Balaban J connectivity index is 1.68. The van der Waals surface area contributed by atoms with Gasteiger partial charge in [-0.25, -0.2) is 9.78 Å². The summed E-state index contributed by atoms with van der Waals surface area (Å²) in [6.07, 6.45) is 0. The molecule has 1 heterocycles. The van der Waals surface area contributed by atoms with Crippen LogP contribution in [0.15, 0.2) is 78.9 Å². The average Bonchev–Trinajstić information content (AvgIpc) is 2.77. The van der Waals surface area contributed by atoms with Crippen molar-refractivity contribution in [3.8, 4) is 11.3 Å².